The fourth-order valence-electron chi connectivity index (χ4n) is 2.75. The van der Waals surface area contributed by atoms with Crippen molar-refractivity contribution < 1.29 is 4.79 Å². The standard InChI is InChI=1S/C14H29N3O/c1-4-5-12-6-8-17(9-7-12)10-13(14(15)18)16-11(2)3/h11-13,16H,4-10H2,1-3H3,(H2,15,18). The van der Waals surface area contributed by atoms with Crippen molar-refractivity contribution in [3.63, 3.8) is 0 Å². The molecule has 4 heteroatoms. The van der Waals surface area contributed by atoms with E-state index in [0.717, 1.165) is 25.6 Å². The molecule has 1 aliphatic rings. The van der Waals surface area contributed by atoms with Gasteiger partial charge in [0.15, 0.2) is 0 Å². The smallest absolute Gasteiger partial charge is 0.235 e. The maximum absolute atomic E-state index is 11.4. The van der Waals surface area contributed by atoms with Crippen molar-refractivity contribution in [2.75, 3.05) is 19.6 Å². The highest BCUT2D eigenvalue weighted by Crippen LogP contribution is 2.21. The fourth-order valence-corrected chi connectivity index (χ4v) is 2.75. The zero-order valence-electron chi connectivity index (χ0n) is 12.1. The van der Waals surface area contributed by atoms with Gasteiger partial charge in [-0.1, -0.05) is 33.6 Å². The molecule has 106 valence electrons. The molecule has 1 aliphatic heterocycles. The molecule has 18 heavy (non-hydrogen) atoms. The molecule has 0 aromatic heterocycles. The summed E-state index contributed by atoms with van der Waals surface area (Å²) in [7, 11) is 0. The summed E-state index contributed by atoms with van der Waals surface area (Å²) in [4.78, 5) is 13.8. The van der Waals surface area contributed by atoms with E-state index in [2.05, 4.69) is 17.1 Å². The van der Waals surface area contributed by atoms with Crippen LogP contribution in [0.4, 0.5) is 0 Å². The molecule has 1 fully saturated rings. The molecule has 1 rings (SSSR count). The monoisotopic (exact) mass is 255 g/mol. The summed E-state index contributed by atoms with van der Waals surface area (Å²) >= 11 is 0. The third-order valence-corrected chi connectivity index (χ3v) is 3.72. The normalized spacial score (nSPS) is 20.2. The third-order valence-electron chi connectivity index (χ3n) is 3.72. The van der Waals surface area contributed by atoms with Crippen LogP contribution in [0, 0.1) is 5.92 Å². The van der Waals surface area contributed by atoms with Crippen LogP contribution in [0.3, 0.4) is 0 Å². The highest BCUT2D eigenvalue weighted by Gasteiger charge is 2.23. The van der Waals surface area contributed by atoms with Gasteiger partial charge in [0.2, 0.25) is 5.91 Å². The number of likely N-dealkylation sites (tertiary alicyclic amines) is 1. The van der Waals surface area contributed by atoms with E-state index < -0.39 is 0 Å². The minimum absolute atomic E-state index is 0.215. The summed E-state index contributed by atoms with van der Waals surface area (Å²) in [6.07, 6.45) is 5.16. The highest BCUT2D eigenvalue weighted by molar-refractivity contribution is 5.80. The number of carbonyl (C=O) groups excluding carboxylic acids is 1. The molecular formula is C14H29N3O. The number of nitrogens with two attached hydrogens (primary N) is 1. The Balaban J connectivity index is 2.35. The van der Waals surface area contributed by atoms with Crippen LogP contribution in [0.5, 0.6) is 0 Å². The summed E-state index contributed by atoms with van der Waals surface area (Å²) in [5, 5.41) is 3.25. The van der Waals surface area contributed by atoms with Gasteiger partial charge >= 0.3 is 0 Å². The Labute approximate surface area is 111 Å². The molecule has 0 radical (unpaired) electrons. The molecule has 0 spiro atoms. The molecule has 0 aliphatic carbocycles. The molecule has 4 nitrogen and oxygen atoms in total. The van der Waals surface area contributed by atoms with Gasteiger partial charge in [0, 0.05) is 12.6 Å². The van der Waals surface area contributed by atoms with Crippen LogP contribution in [0.2, 0.25) is 0 Å². The van der Waals surface area contributed by atoms with Crippen LogP contribution in [0.25, 0.3) is 0 Å². The summed E-state index contributed by atoms with van der Waals surface area (Å²) in [5.74, 6) is 0.649. The topological polar surface area (TPSA) is 58.4 Å². The van der Waals surface area contributed by atoms with Crippen molar-refractivity contribution in [3.05, 3.63) is 0 Å². The van der Waals surface area contributed by atoms with Gasteiger partial charge < -0.3 is 16.0 Å². The van der Waals surface area contributed by atoms with Crippen molar-refractivity contribution in [2.45, 2.75) is 58.5 Å². The number of amides is 1. The van der Waals surface area contributed by atoms with E-state index in [-0.39, 0.29) is 11.9 Å². The molecule has 1 amide bonds. The Morgan fingerprint density at radius 3 is 2.44 bits per heavy atom. The summed E-state index contributed by atoms with van der Waals surface area (Å²) in [6.45, 7) is 9.31. The zero-order valence-corrected chi connectivity index (χ0v) is 12.1. The van der Waals surface area contributed by atoms with Crippen molar-refractivity contribution in [1.82, 2.24) is 10.2 Å². The minimum Gasteiger partial charge on any atom is -0.368 e. The lowest BCUT2D eigenvalue weighted by molar-refractivity contribution is -0.120. The van der Waals surface area contributed by atoms with E-state index >= 15 is 0 Å². The maximum Gasteiger partial charge on any atom is 0.235 e. The average Bonchev–Trinajstić information content (AvgIpc) is 2.30. The lowest BCUT2D eigenvalue weighted by Gasteiger charge is -2.34. The number of rotatable bonds is 7. The Bertz CT molecular complexity index is 247. The first-order chi connectivity index (χ1) is 8.52. The molecular weight excluding hydrogens is 226 g/mol. The first-order valence-corrected chi connectivity index (χ1v) is 7.30. The van der Waals surface area contributed by atoms with Crippen LogP contribution < -0.4 is 11.1 Å². The van der Waals surface area contributed by atoms with Gasteiger partial charge in [-0.05, 0) is 31.8 Å². The quantitative estimate of drug-likeness (QED) is 0.722. The second-order valence-electron chi connectivity index (χ2n) is 5.81. The van der Waals surface area contributed by atoms with E-state index in [4.69, 9.17) is 5.73 Å². The summed E-state index contributed by atoms with van der Waals surface area (Å²) in [5.41, 5.74) is 5.45. The van der Waals surface area contributed by atoms with Crippen LogP contribution >= 0.6 is 0 Å². The molecule has 0 bridgehead atoms. The number of primary amides is 1. The fraction of sp³-hybridized carbons (Fsp3) is 0.929. The van der Waals surface area contributed by atoms with E-state index in [1.54, 1.807) is 0 Å². The molecule has 1 saturated heterocycles. The Morgan fingerprint density at radius 1 is 1.39 bits per heavy atom. The predicted octanol–water partition coefficient (Wildman–Crippen LogP) is 1.35. The Kier molecular flexibility index (Phi) is 6.65. The Morgan fingerprint density at radius 2 is 2.00 bits per heavy atom. The predicted molar refractivity (Wildman–Crippen MR) is 75.3 cm³/mol. The number of carbonyl (C=O) groups is 1. The van der Waals surface area contributed by atoms with E-state index in [9.17, 15) is 4.79 Å². The van der Waals surface area contributed by atoms with E-state index in [0.29, 0.717) is 6.04 Å². The maximum atomic E-state index is 11.4. The summed E-state index contributed by atoms with van der Waals surface area (Å²) < 4.78 is 0. The van der Waals surface area contributed by atoms with E-state index in [1.165, 1.54) is 25.7 Å². The van der Waals surface area contributed by atoms with Crippen LogP contribution in [0.15, 0.2) is 0 Å². The van der Waals surface area contributed by atoms with Crippen molar-refractivity contribution in [2.24, 2.45) is 11.7 Å². The Hall–Kier alpha value is -0.610. The number of hydrogen-bond donors (Lipinski definition) is 2. The first-order valence-electron chi connectivity index (χ1n) is 7.30. The van der Waals surface area contributed by atoms with Crippen LogP contribution in [0.1, 0.15) is 46.5 Å². The SMILES string of the molecule is CCCC1CCN(CC(NC(C)C)C(N)=O)CC1. The van der Waals surface area contributed by atoms with Crippen molar-refractivity contribution in [1.29, 1.82) is 0 Å². The summed E-state index contributed by atoms with van der Waals surface area (Å²) in [6, 6.07) is 0.0767. The number of nitrogens with zero attached hydrogens (tertiary/aromatic N) is 1. The lowest BCUT2D eigenvalue weighted by Crippen LogP contribution is -2.52. The van der Waals surface area contributed by atoms with Gasteiger partial charge in [-0.25, -0.2) is 0 Å². The van der Waals surface area contributed by atoms with Gasteiger partial charge in [-0.3, -0.25) is 4.79 Å². The van der Waals surface area contributed by atoms with Gasteiger partial charge in [-0.15, -0.1) is 0 Å². The zero-order chi connectivity index (χ0) is 13.5. The van der Waals surface area contributed by atoms with Gasteiger partial charge in [0.25, 0.3) is 0 Å². The van der Waals surface area contributed by atoms with Crippen LogP contribution in [-0.4, -0.2) is 42.5 Å². The molecule has 1 unspecified atom stereocenters. The molecule has 3 N–H and O–H groups in total. The van der Waals surface area contributed by atoms with Crippen LogP contribution in [-0.2, 0) is 4.79 Å². The molecule has 1 atom stereocenters. The number of piperidine rings is 1. The van der Waals surface area contributed by atoms with Gasteiger partial charge in [-0.2, -0.15) is 0 Å². The van der Waals surface area contributed by atoms with Gasteiger partial charge in [0.05, 0.1) is 6.04 Å². The molecule has 0 aromatic carbocycles. The van der Waals surface area contributed by atoms with Gasteiger partial charge in [0.1, 0.15) is 0 Å². The van der Waals surface area contributed by atoms with Crippen molar-refractivity contribution >= 4 is 5.91 Å². The molecule has 1 heterocycles. The molecule has 0 aromatic rings. The first kappa shape index (κ1) is 15.4. The second-order valence-corrected chi connectivity index (χ2v) is 5.81. The largest absolute Gasteiger partial charge is 0.368 e. The third kappa shape index (κ3) is 5.36. The average molecular weight is 255 g/mol. The van der Waals surface area contributed by atoms with E-state index in [1.807, 2.05) is 13.8 Å². The molecule has 0 saturated carbocycles. The number of hydrogen-bond acceptors (Lipinski definition) is 3. The lowest BCUT2D eigenvalue weighted by atomic mass is 9.92. The minimum atomic E-state index is -0.237. The highest BCUT2D eigenvalue weighted by atomic mass is 16.1. The number of nitrogens with one attached hydrogen (secondary N) is 1. The van der Waals surface area contributed by atoms with Crippen molar-refractivity contribution in [3.8, 4) is 0 Å². The second kappa shape index (κ2) is 7.74.